The Morgan fingerprint density at radius 1 is 1.19 bits per heavy atom. The first kappa shape index (κ1) is 25.4. The second-order valence-electron chi connectivity index (χ2n) is 10.8. The molecule has 2 amide bonds. The molecule has 0 saturated carbocycles. The Morgan fingerprint density at radius 3 is 2.73 bits per heavy atom. The highest BCUT2D eigenvalue weighted by Gasteiger charge is 2.51. The van der Waals surface area contributed by atoms with Crippen LogP contribution in [0.1, 0.15) is 50.8 Å². The summed E-state index contributed by atoms with van der Waals surface area (Å²) in [5.41, 5.74) is 1.54. The van der Waals surface area contributed by atoms with Crippen LogP contribution in [0.3, 0.4) is 0 Å². The van der Waals surface area contributed by atoms with Gasteiger partial charge in [0.25, 0.3) is 0 Å². The first-order valence-electron chi connectivity index (χ1n) is 13.0. The van der Waals surface area contributed by atoms with Crippen molar-refractivity contribution in [1.29, 1.82) is 0 Å². The topological polar surface area (TPSA) is 86.3 Å². The number of likely N-dealkylation sites (tertiary alicyclic amines) is 1. The second kappa shape index (κ2) is 10.2. The van der Waals surface area contributed by atoms with Crippen LogP contribution >= 0.6 is 0 Å². The number of ether oxygens (including phenoxy) is 4. The van der Waals surface area contributed by atoms with Crippen LogP contribution in [0.4, 0.5) is 4.79 Å². The normalized spacial score (nSPS) is 26.4. The summed E-state index contributed by atoms with van der Waals surface area (Å²) in [5.74, 6) is 1.84. The summed E-state index contributed by atoms with van der Waals surface area (Å²) in [6.45, 7) is 7.27. The van der Waals surface area contributed by atoms with Gasteiger partial charge in [0.1, 0.15) is 29.7 Å². The SMILES string of the molecule is COc1ccc2c(c1)OC(C)(C)[C@@H]1C[C@H]3CN(C(=O)[C@H](C)NC(=O)OCc4ccccc4)CC[C@H]3O[C@@H]21. The minimum absolute atomic E-state index is 0.0480. The summed E-state index contributed by atoms with van der Waals surface area (Å²) in [6, 6.07) is 14.7. The molecule has 0 bridgehead atoms. The van der Waals surface area contributed by atoms with E-state index in [1.54, 1.807) is 14.0 Å². The molecular formula is C29H36N2O6. The lowest BCUT2D eigenvalue weighted by Crippen LogP contribution is -2.57. The number of hydrogen-bond donors (Lipinski definition) is 1. The molecule has 198 valence electrons. The number of amides is 2. The van der Waals surface area contributed by atoms with Crippen LogP contribution in [0.25, 0.3) is 0 Å². The highest BCUT2D eigenvalue weighted by molar-refractivity contribution is 5.85. The van der Waals surface area contributed by atoms with Gasteiger partial charge in [-0.25, -0.2) is 4.79 Å². The predicted octanol–water partition coefficient (Wildman–Crippen LogP) is 4.48. The maximum absolute atomic E-state index is 13.2. The lowest BCUT2D eigenvalue weighted by atomic mass is 9.70. The third-order valence-corrected chi connectivity index (χ3v) is 7.93. The maximum atomic E-state index is 13.2. The van der Waals surface area contributed by atoms with E-state index >= 15 is 0 Å². The predicted molar refractivity (Wildman–Crippen MR) is 137 cm³/mol. The molecule has 2 saturated heterocycles. The average molecular weight is 509 g/mol. The van der Waals surface area contributed by atoms with Crippen molar-refractivity contribution in [3.05, 3.63) is 59.7 Å². The van der Waals surface area contributed by atoms with Crippen LogP contribution in [0.15, 0.2) is 48.5 Å². The number of carbonyl (C=O) groups is 2. The number of nitrogens with one attached hydrogen (secondary N) is 1. The molecule has 3 aliphatic heterocycles. The van der Waals surface area contributed by atoms with Crippen LogP contribution in [0, 0.1) is 11.8 Å². The van der Waals surface area contributed by atoms with Crippen molar-refractivity contribution in [2.75, 3.05) is 20.2 Å². The first-order valence-corrected chi connectivity index (χ1v) is 13.0. The van der Waals surface area contributed by atoms with Crippen molar-refractivity contribution in [1.82, 2.24) is 10.2 Å². The van der Waals surface area contributed by atoms with E-state index in [9.17, 15) is 9.59 Å². The van der Waals surface area contributed by atoms with Crippen LogP contribution in [0.2, 0.25) is 0 Å². The molecule has 0 radical (unpaired) electrons. The van der Waals surface area contributed by atoms with Gasteiger partial charge < -0.3 is 29.2 Å². The number of fused-ring (bicyclic) bond motifs is 4. The third-order valence-electron chi connectivity index (χ3n) is 7.93. The zero-order valence-corrected chi connectivity index (χ0v) is 21.9. The zero-order chi connectivity index (χ0) is 26.2. The highest BCUT2D eigenvalue weighted by atomic mass is 16.5. The Kier molecular flexibility index (Phi) is 7.03. The van der Waals surface area contributed by atoms with Crippen molar-refractivity contribution in [2.45, 2.75) is 64.1 Å². The lowest BCUT2D eigenvalue weighted by Gasteiger charge is -2.53. The van der Waals surface area contributed by atoms with Crippen LogP contribution < -0.4 is 14.8 Å². The van der Waals surface area contributed by atoms with Gasteiger partial charge in [0.05, 0.1) is 19.3 Å². The molecule has 3 heterocycles. The van der Waals surface area contributed by atoms with Gasteiger partial charge in [-0.2, -0.15) is 0 Å². The molecule has 0 aliphatic carbocycles. The summed E-state index contributed by atoms with van der Waals surface area (Å²) in [4.78, 5) is 27.3. The Balaban J connectivity index is 1.20. The van der Waals surface area contributed by atoms with E-state index in [1.807, 2.05) is 53.4 Å². The molecule has 2 aromatic rings. The lowest BCUT2D eigenvalue weighted by molar-refractivity contribution is -0.189. The average Bonchev–Trinajstić information content (AvgIpc) is 2.90. The van der Waals surface area contributed by atoms with Crippen LogP contribution in [0.5, 0.6) is 11.5 Å². The van der Waals surface area contributed by atoms with E-state index in [0.717, 1.165) is 35.5 Å². The largest absolute Gasteiger partial charge is 0.497 e. The van der Waals surface area contributed by atoms with Gasteiger partial charge in [-0.15, -0.1) is 0 Å². The summed E-state index contributed by atoms with van der Waals surface area (Å²) >= 11 is 0. The van der Waals surface area contributed by atoms with Gasteiger partial charge in [0, 0.05) is 36.6 Å². The minimum atomic E-state index is -0.673. The van der Waals surface area contributed by atoms with E-state index in [1.165, 1.54) is 0 Å². The molecule has 3 aliphatic rings. The summed E-state index contributed by atoms with van der Waals surface area (Å²) in [5, 5.41) is 2.68. The van der Waals surface area contributed by atoms with Gasteiger partial charge in [0.2, 0.25) is 5.91 Å². The molecule has 5 atom stereocenters. The van der Waals surface area contributed by atoms with Crippen molar-refractivity contribution in [3.63, 3.8) is 0 Å². The molecule has 37 heavy (non-hydrogen) atoms. The number of methoxy groups -OCH3 is 1. The Morgan fingerprint density at radius 2 is 1.97 bits per heavy atom. The van der Waals surface area contributed by atoms with Crippen LogP contribution in [-0.2, 0) is 20.9 Å². The number of hydrogen-bond acceptors (Lipinski definition) is 6. The standard InChI is InChI=1S/C29H36N2O6/c1-18(30-28(33)35-17-19-8-6-5-7-9-19)27(32)31-13-12-24-20(16-31)14-23-26(36-24)22-11-10-21(34-4)15-25(22)37-29(23,2)3/h5-11,15,18,20,23-24,26H,12-14,16-17H2,1-4H3,(H,30,33)/t18-,20-,23+,24+,26-/m0/s1. The Hall–Kier alpha value is -3.26. The molecule has 0 aromatic heterocycles. The van der Waals surface area contributed by atoms with Crippen molar-refractivity contribution < 1.29 is 28.5 Å². The summed E-state index contributed by atoms with van der Waals surface area (Å²) in [6.07, 6.45) is 1.09. The quantitative estimate of drug-likeness (QED) is 0.641. The Labute approximate surface area is 218 Å². The fourth-order valence-corrected chi connectivity index (χ4v) is 5.89. The van der Waals surface area contributed by atoms with Crippen molar-refractivity contribution in [3.8, 4) is 11.5 Å². The number of piperidine rings is 1. The monoisotopic (exact) mass is 508 g/mol. The summed E-state index contributed by atoms with van der Waals surface area (Å²) in [7, 11) is 1.65. The highest BCUT2D eigenvalue weighted by Crippen LogP contribution is 2.53. The van der Waals surface area contributed by atoms with E-state index in [2.05, 4.69) is 19.2 Å². The molecule has 5 rings (SSSR count). The molecule has 8 heteroatoms. The number of rotatable bonds is 5. The number of carbonyl (C=O) groups excluding carboxylic acids is 2. The number of nitrogens with zero attached hydrogens (tertiary/aromatic N) is 1. The fourth-order valence-electron chi connectivity index (χ4n) is 5.89. The molecule has 1 N–H and O–H groups in total. The fraction of sp³-hybridized carbons (Fsp3) is 0.517. The van der Waals surface area contributed by atoms with Crippen molar-refractivity contribution >= 4 is 12.0 Å². The van der Waals surface area contributed by atoms with Gasteiger partial charge in [0.15, 0.2) is 0 Å². The van der Waals surface area contributed by atoms with E-state index in [4.69, 9.17) is 18.9 Å². The number of benzene rings is 2. The smallest absolute Gasteiger partial charge is 0.408 e. The van der Waals surface area contributed by atoms with Crippen molar-refractivity contribution in [2.24, 2.45) is 11.8 Å². The van der Waals surface area contributed by atoms with Gasteiger partial charge in [-0.05, 0) is 51.3 Å². The molecule has 2 aromatic carbocycles. The van der Waals surface area contributed by atoms with E-state index < -0.39 is 17.7 Å². The zero-order valence-electron chi connectivity index (χ0n) is 21.9. The third kappa shape index (κ3) is 5.25. The Bertz CT molecular complexity index is 1140. The second-order valence-corrected chi connectivity index (χ2v) is 10.8. The number of alkyl carbamates (subject to hydrolysis) is 1. The summed E-state index contributed by atoms with van der Waals surface area (Å²) < 4.78 is 23.8. The first-order chi connectivity index (χ1) is 17.7. The van der Waals surface area contributed by atoms with Gasteiger partial charge in [-0.1, -0.05) is 30.3 Å². The van der Waals surface area contributed by atoms with E-state index in [-0.39, 0.29) is 36.6 Å². The molecule has 2 fully saturated rings. The van der Waals surface area contributed by atoms with E-state index in [0.29, 0.717) is 13.1 Å². The van der Waals surface area contributed by atoms with Gasteiger partial charge >= 0.3 is 6.09 Å². The maximum Gasteiger partial charge on any atom is 0.408 e. The van der Waals surface area contributed by atoms with Crippen LogP contribution in [-0.4, -0.2) is 54.8 Å². The molecule has 0 spiro atoms. The molecule has 8 nitrogen and oxygen atoms in total. The van der Waals surface area contributed by atoms with Gasteiger partial charge in [-0.3, -0.25) is 4.79 Å². The molecular weight excluding hydrogens is 472 g/mol. The minimum Gasteiger partial charge on any atom is -0.497 e. The molecule has 0 unspecified atom stereocenters.